The molecule has 0 saturated heterocycles. The van der Waals surface area contributed by atoms with Crippen LogP contribution in [0.4, 0.5) is 0 Å². The second-order valence-electron chi connectivity index (χ2n) is 7.66. The maximum absolute atomic E-state index is 12.3. The SMILES string of the molecule is Cc1cc(C)n(CCCNC(=O)c2ccn(COc3ccc(-c4ccccc4)cc3)n2)n1. The van der Waals surface area contributed by atoms with E-state index in [-0.39, 0.29) is 12.6 Å². The van der Waals surface area contributed by atoms with Crippen LogP contribution in [0.1, 0.15) is 28.3 Å². The van der Waals surface area contributed by atoms with Crippen molar-refractivity contribution in [3.63, 3.8) is 0 Å². The minimum atomic E-state index is -0.190. The van der Waals surface area contributed by atoms with Gasteiger partial charge in [-0.2, -0.15) is 10.2 Å². The highest BCUT2D eigenvalue weighted by atomic mass is 16.5. The number of rotatable bonds is 9. The summed E-state index contributed by atoms with van der Waals surface area (Å²) in [5.74, 6) is 0.555. The first-order valence-electron chi connectivity index (χ1n) is 10.7. The predicted molar refractivity (Wildman–Crippen MR) is 123 cm³/mol. The Labute approximate surface area is 187 Å². The van der Waals surface area contributed by atoms with Crippen LogP contribution in [-0.2, 0) is 13.3 Å². The van der Waals surface area contributed by atoms with Gasteiger partial charge < -0.3 is 10.1 Å². The van der Waals surface area contributed by atoms with E-state index in [1.165, 1.54) is 0 Å². The fraction of sp³-hybridized carbons (Fsp3) is 0.240. The quantitative estimate of drug-likeness (QED) is 0.404. The van der Waals surface area contributed by atoms with Crippen molar-refractivity contribution in [1.82, 2.24) is 24.9 Å². The summed E-state index contributed by atoms with van der Waals surface area (Å²) in [6.07, 6.45) is 2.54. The third-order valence-electron chi connectivity index (χ3n) is 5.13. The van der Waals surface area contributed by atoms with Crippen LogP contribution in [0, 0.1) is 13.8 Å². The second kappa shape index (κ2) is 9.96. The van der Waals surface area contributed by atoms with Gasteiger partial charge in [0.05, 0.1) is 5.69 Å². The van der Waals surface area contributed by atoms with E-state index < -0.39 is 0 Å². The summed E-state index contributed by atoms with van der Waals surface area (Å²) in [5.41, 5.74) is 4.80. The smallest absolute Gasteiger partial charge is 0.271 e. The minimum absolute atomic E-state index is 0.190. The van der Waals surface area contributed by atoms with Crippen molar-refractivity contribution in [1.29, 1.82) is 0 Å². The molecular formula is C25H27N5O2. The summed E-state index contributed by atoms with van der Waals surface area (Å²) in [7, 11) is 0. The van der Waals surface area contributed by atoms with Gasteiger partial charge in [-0.1, -0.05) is 42.5 Å². The Morgan fingerprint density at radius 1 is 0.969 bits per heavy atom. The van der Waals surface area contributed by atoms with Gasteiger partial charge in [-0.3, -0.25) is 9.48 Å². The van der Waals surface area contributed by atoms with E-state index in [1.54, 1.807) is 16.9 Å². The number of benzene rings is 2. The lowest BCUT2D eigenvalue weighted by molar-refractivity contribution is 0.0945. The average molecular weight is 430 g/mol. The van der Waals surface area contributed by atoms with Crippen LogP contribution in [-0.4, -0.2) is 32.0 Å². The van der Waals surface area contributed by atoms with Gasteiger partial charge in [-0.05, 0) is 55.7 Å². The molecule has 2 aromatic heterocycles. The molecule has 7 nitrogen and oxygen atoms in total. The third kappa shape index (κ3) is 5.43. The Balaban J connectivity index is 1.23. The van der Waals surface area contributed by atoms with E-state index in [1.807, 2.05) is 67.1 Å². The molecule has 2 aromatic carbocycles. The van der Waals surface area contributed by atoms with Crippen molar-refractivity contribution >= 4 is 5.91 Å². The first-order valence-corrected chi connectivity index (χ1v) is 10.7. The third-order valence-corrected chi connectivity index (χ3v) is 5.13. The van der Waals surface area contributed by atoms with Gasteiger partial charge in [-0.25, -0.2) is 4.68 Å². The summed E-state index contributed by atoms with van der Waals surface area (Å²) < 4.78 is 9.36. The van der Waals surface area contributed by atoms with E-state index >= 15 is 0 Å². The average Bonchev–Trinajstić information content (AvgIpc) is 3.42. The highest BCUT2D eigenvalue weighted by molar-refractivity contribution is 5.92. The zero-order valence-electron chi connectivity index (χ0n) is 18.4. The van der Waals surface area contributed by atoms with E-state index in [4.69, 9.17) is 4.74 Å². The number of nitrogens with one attached hydrogen (secondary N) is 1. The van der Waals surface area contributed by atoms with Gasteiger partial charge in [0.25, 0.3) is 5.91 Å². The minimum Gasteiger partial charge on any atom is -0.471 e. The molecule has 0 aliphatic carbocycles. The van der Waals surface area contributed by atoms with Crippen molar-refractivity contribution in [3.8, 4) is 16.9 Å². The Kier molecular flexibility index (Phi) is 6.65. The Bertz CT molecular complexity index is 1160. The fourth-order valence-electron chi connectivity index (χ4n) is 3.49. The van der Waals surface area contributed by atoms with E-state index in [2.05, 4.69) is 27.6 Å². The number of nitrogens with zero attached hydrogens (tertiary/aromatic N) is 4. The Morgan fingerprint density at radius 3 is 2.44 bits per heavy atom. The summed E-state index contributed by atoms with van der Waals surface area (Å²) in [6, 6.07) is 21.9. The number of aromatic nitrogens is 4. The molecule has 0 aliphatic heterocycles. The van der Waals surface area contributed by atoms with Gasteiger partial charge >= 0.3 is 0 Å². The molecule has 0 radical (unpaired) electrons. The number of aryl methyl sites for hydroxylation is 3. The molecule has 0 fully saturated rings. The van der Waals surface area contributed by atoms with Crippen molar-refractivity contribution in [2.24, 2.45) is 0 Å². The molecule has 0 aliphatic rings. The first-order chi connectivity index (χ1) is 15.6. The lowest BCUT2D eigenvalue weighted by atomic mass is 10.1. The largest absolute Gasteiger partial charge is 0.471 e. The molecule has 0 spiro atoms. The lowest BCUT2D eigenvalue weighted by Gasteiger charge is -2.08. The molecule has 0 saturated carbocycles. The summed E-state index contributed by atoms with van der Waals surface area (Å²) in [4.78, 5) is 12.3. The van der Waals surface area contributed by atoms with Gasteiger partial charge in [-0.15, -0.1) is 0 Å². The molecule has 0 bridgehead atoms. The van der Waals surface area contributed by atoms with Crippen LogP contribution in [0.5, 0.6) is 5.75 Å². The standard InChI is InChI=1S/C25H27N5O2/c1-19-17-20(2)30(27-19)15-6-14-26-25(31)24-13-16-29(28-24)18-32-23-11-9-22(10-12-23)21-7-4-3-5-8-21/h3-5,7-13,16-17H,6,14-15,18H2,1-2H3,(H,26,31). The topological polar surface area (TPSA) is 74.0 Å². The van der Waals surface area contributed by atoms with Crippen LogP contribution in [0.3, 0.4) is 0 Å². The zero-order valence-corrected chi connectivity index (χ0v) is 18.4. The maximum atomic E-state index is 12.3. The molecular weight excluding hydrogens is 402 g/mol. The normalized spacial score (nSPS) is 10.8. The van der Waals surface area contributed by atoms with E-state index in [9.17, 15) is 4.79 Å². The lowest BCUT2D eigenvalue weighted by Crippen LogP contribution is -2.26. The van der Waals surface area contributed by atoms with E-state index in [0.29, 0.717) is 12.2 Å². The molecule has 164 valence electrons. The Hall–Kier alpha value is -3.87. The van der Waals surface area contributed by atoms with Crippen LogP contribution in [0.15, 0.2) is 72.9 Å². The highest BCUT2D eigenvalue weighted by Crippen LogP contribution is 2.22. The number of carbonyl (C=O) groups excluding carboxylic acids is 1. The molecule has 4 aromatic rings. The van der Waals surface area contributed by atoms with Crippen molar-refractivity contribution < 1.29 is 9.53 Å². The van der Waals surface area contributed by atoms with Gasteiger partial charge in [0, 0.05) is 25.0 Å². The summed E-state index contributed by atoms with van der Waals surface area (Å²) >= 11 is 0. The van der Waals surface area contributed by atoms with Crippen LogP contribution < -0.4 is 10.1 Å². The van der Waals surface area contributed by atoms with Crippen LogP contribution >= 0.6 is 0 Å². The Morgan fingerprint density at radius 2 is 1.72 bits per heavy atom. The molecule has 2 heterocycles. The van der Waals surface area contributed by atoms with Gasteiger partial charge in [0.2, 0.25) is 0 Å². The molecule has 1 N–H and O–H groups in total. The van der Waals surface area contributed by atoms with E-state index in [0.717, 1.165) is 41.2 Å². The number of amides is 1. The van der Waals surface area contributed by atoms with Gasteiger partial charge in [0.1, 0.15) is 11.4 Å². The van der Waals surface area contributed by atoms with Crippen LogP contribution in [0.2, 0.25) is 0 Å². The molecule has 0 atom stereocenters. The molecule has 0 unspecified atom stereocenters. The first kappa shape index (κ1) is 21.4. The second-order valence-corrected chi connectivity index (χ2v) is 7.66. The molecule has 7 heteroatoms. The van der Waals surface area contributed by atoms with Crippen molar-refractivity contribution in [3.05, 3.63) is 90.0 Å². The molecule has 4 rings (SSSR count). The number of hydrogen-bond donors (Lipinski definition) is 1. The summed E-state index contributed by atoms with van der Waals surface area (Å²) in [6.45, 7) is 5.57. The number of carbonyl (C=O) groups is 1. The van der Waals surface area contributed by atoms with Crippen LogP contribution in [0.25, 0.3) is 11.1 Å². The van der Waals surface area contributed by atoms with Crippen molar-refractivity contribution in [2.75, 3.05) is 6.54 Å². The number of ether oxygens (including phenoxy) is 1. The zero-order chi connectivity index (χ0) is 22.3. The molecule has 1 amide bonds. The molecule has 32 heavy (non-hydrogen) atoms. The van der Waals surface area contributed by atoms with Crippen molar-refractivity contribution in [2.45, 2.75) is 33.5 Å². The van der Waals surface area contributed by atoms with Gasteiger partial charge in [0.15, 0.2) is 6.73 Å². The number of hydrogen-bond acceptors (Lipinski definition) is 4. The fourth-order valence-corrected chi connectivity index (χ4v) is 3.49. The monoisotopic (exact) mass is 429 g/mol. The summed E-state index contributed by atoms with van der Waals surface area (Å²) in [5, 5.41) is 11.6. The predicted octanol–water partition coefficient (Wildman–Crippen LogP) is 4.22. The highest BCUT2D eigenvalue weighted by Gasteiger charge is 2.09. The maximum Gasteiger partial charge on any atom is 0.271 e.